The second-order valence-electron chi connectivity index (χ2n) is 14.4. The Kier molecular flexibility index (Phi) is 11.1. The molecule has 0 radical (unpaired) electrons. The normalized spacial score (nSPS) is 24.5. The lowest BCUT2D eigenvalue weighted by molar-refractivity contribution is -0.142. The summed E-state index contributed by atoms with van der Waals surface area (Å²) in [6, 6.07) is 5.58. The minimum atomic E-state index is -0.700. The molecule has 3 aliphatic rings. The number of furan rings is 1. The van der Waals surface area contributed by atoms with Crippen molar-refractivity contribution in [1.29, 1.82) is 0 Å². The van der Waals surface area contributed by atoms with Gasteiger partial charge in [-0.05, 0) is 102 Å². The van der Waals surface area contributed by atoms with Crippen molar-refractivity contribution in [2.45, 2.75) is 110 Å². The third kappa shape index (κ3) is 8.46. The fourth-order valence-corrected chi connectivity index (χ4v) is 7.84. The Bertz CT molecular complexity index is 1420. The van der Waals surface area contributed by atoms with Crippen molar-refractivity contribution in [3.63, 3.8) is 0 Å². The van der Waals surface area contributed by atoms with Gasteiger partial charge in [0.05, 0.1) is 12.6 Å². The van der Waals surface area contributed by atoms with Gasteiger partial charge in [0.1, 0.15) is 23.9 Å². The third-order valence-electron chi connectivity index (χ3n) is 10.1. The first-order valence-corrected chi connectivity index (χ1v) is 17.3. The van der Waals surface area contributed by atoms with Crippen LogP contribution in [-0.2, 0) is 19.1 Å². The molecule has 2 saturated carbocycles. The molecule has 5 rings (SSSR count). The van der Waals surface area contributed by atoms with E-state index in [0.717, 1.165) is 32.1 Å². The van der Waals surface area contributed by atoms with E-state index >= 15 is 0 Å². The summed E-state index contributed by atoms with van der Waals surface area (Å²) in [5.41, 5.74) is 0.397. The summed E-state index contributed by atoms with van der Waals surface area (Å²) in [5, 5.41) is 6.43. The van der Waals surface area contributed by atoms with Crippen LogP contribution in [0.5, 0.6) is 0 Å². The highest BCUT2D eigenvalue weighted by atomic mass is 19.1. The van der Waals surface area contributed by atoms with E-state index in [-0.39, 0.29) is 41.9 Å². The lowest BCUT2D eigenvalue weighted by Gasteiger charge is -2.37. The van der Waals surface area contributed by atoms with E-state index in [0.29, 0.717) is 54.8 Å². The summed E-state index contributed by atoms with van der Waals surface area (Å²) in [5.74, 6) is -0.528. The molecule has 258 valence electrons. The summed E-state index contributed by atoms with van der Waals surface area (Å²) >= 11 is 0. The molecule has 3 amide bonds. The van der Waals surface area contributed by atoms with Crippen LogP contribution >= 0.6 is 0 Å². The number of likely N-dealkylation sites (tertiary alicyclic amines) is 1. The van der Waals surface area contributed by atoms with Gasteiger partial charge < -0.3 is 29.4 Å². The standard InChI is InChI=1S/C36H50FN3O7/c1-5-45-34(43)30-20-25-19-26(15-16-29(25)46-30)38-32(41)31-27(22-9-7-6-8-10-22)17-18-40(31)33(42)24-13-11-23(12-14-24)28(21-37)39-35(44)47-36(2,3)4/h15-16,19-20,22-24,27-28,31H,5-14,17-18,21H2,1-4H3,(H,38,41)(H,39,44)/t23?,24?,27-,28-,31-/m0/s1. The van der Waals surface area contributed by atoms with Crippen LogP contribution in [0.2, 0.25) is 0 Å². The van der Waals surface area contributed by atoms with Gasteiger partial charge in [0.25, 0.3) is 0 Å². The van der Waals surface area contributed by atoms with Gasteiger partial charge in [0.15, 0.2) is 0 Å². The summed E-state index contributed by atoms with van der Waals surface area (Å²) in [4.78, 5) is 54.5. The molecule has 2 aliphatic carbocycles. The Hall–Kier alpha value is -3.63. The summed E-state index contributed by atoms with van der Waals surface area (Å²) in [6.07, 6.45) is 8.13. The number of carbonyl (C=O) groups is 4. The Morgan fingerprint density at radius 2 is 1.72 bits per heavy atom. The number of benzene rings is 1. The van der Waals surface area contributed by atoms with Gasteiger partial charge in [-0.15, -0.1) is 0 Å². The molecule has 0 bridgehead atoms. The fourth-order valence-electron chi connectivity index (χ4n) is 7.84. The van der Waals surface area contributed by atoms with Crippen LogP contribution in [0.4, 0.5) is 14.9 Å². The first-order chi connectivity index (χ1) is 22.5. The fraction of sp³-hybridized carbons (Fsp3) is 0.667. The summed E-state index contributed by atoms with van der Waals surface area (Å²) in [6.45, 7) is 7.09. The number of fused-ring (bicyclic) bond motifs is 1. The van der Waals surface area contributed by atoms with Gasteiger partial charge in [0, 0.05) is 23.5 Å². The van der Waals surface area contributed by atoms with Gasteiger partial charge in [-0.1, -0.05) is 32.1 Å². The number of anilines is 1. The van der Waals surface area contributed by atoms with Crippen LogP contribution < -0.4 is 10.6 Å². The van der Waals surface area contributed by atoms with Crippen LogP contribution in [-0.4, -0.2) is 66.3 Å². The average molecular weight is 656 g/mol. The van der Waals surface area contributed by atoms with E-state index < -0.39 is 36.4 Å². The molecular weight excluding hydrogens is 605 g/mol. The molecule has 2 aromatic rings. The van der Waals surface area contributed by atoms with Crippen molar-refractivity contribution >= 4 is 40.5 Å². The quantitative estimate of drug-likeness (QED) is 0.278. The Morgan fingerprint density at radius 3 is 2.38 bits per heavy atom. The molecular formula is C36H50FN3O7. The molecule has 47 heavy (non-hydrogen) atoms. The largest absolute Gasteiger partial charge is 0.460 e. The molecule has 10 nitrogen and oxygen atoms in total. The van der Waals surface area contributed by atoms with Crippen LogP contribution in [0.3, 0.4) is 0 Å². The van der Waals surface area contributed by atoms with Gasteiger partial charge in [-0.3, -0.25) is 9.59 Å². The third-order valence-corrected chi connectivity index (χ3v) is 10.1. The molecule has 3 fully saturated rings. The van der Waals surface area contributed by atoms with Crippen molar-refractivity contribution in [2.24, 2.45) is 23.7 Å². The SMILES string of the molecule is CCOC(=O)c1cc2cc(NC(=O)[C@@H]3[C@H](C4CCCCC4)CCN3C(=O)C3CCC([C@H](CF)NC(=O)OC(C)(C)C)CC3)ccc2o1. The van der Waals surface area contributed by atoms with Crippen LogP contribution in [0, 0.1) is 23.7 Å². The van der Waals surface area contributed by atoms with Gasteiger partial charge >= 0.3 is 12.1 Å². The van der Waals surface area contributed by atoms with Crippen LogP contribution in [0.1, 0.15) is 102 Å². The smallest absolute Gasteiger partial charge is 0.407 e. The average Bonchev–Trinajstić information content (AvgIpc) is 3.68. The molecule has 11 heteroatoms. The number of nitrogens with one attached hydrogen (secondary N) is 2. The topological polar surface area (TPSA) is 127 Å². The van der Waals surface area contributed by atoms with E-state index in [1.165, 1.54) is 6.42 Å². The number of rotatable bonds is 9. The molecule has 1 saturated heterocycles. The van der Waals surface area contributed by atoms with Crippen molar-refractivity contribution in [3.05, 3.63) is 30.0 Å². The molecule has 1 aromatic heterocycles. The molecule has 1 aliphatic heterocycles. The molecule has 0 unspecified atom stereocenters. The van der Waals surface area contributed by atoms with Crippen molar-refractivity contribution < 1.29 is 37.5 Å². The molecule has 0 spiro atoms. The number of hydrogen-bond acceptors (Lipinski definition) is 7. The van der Waals surface area contributed by atoms with Crippen molar-refractivity contribution in [1.82, 2.24) is 10.2 Å². The lowest BCUT2D eigenvalue weighted by atomic mass is 9.76. The minimum Gasteiger partial charge on any atom is -0.460 e. The molecule has 2 heterocycles. The maximum Gasteiger partial charge on any atom is 0.407 e. The summed E-state index contributed by atoms with van der Waals surface area (Å²) < 4.78 is 30.0. The maximum atomic E-state index is 14.1. The zero-order chi connectivity index (χ0) is 33.7. The van der Waals surface area contributed by atoms with Crippen molar-refractivity contribution in [3.8, 4) is 0 Å². The van der Waals surface area contributed by atoms with E-state index in [1.807, 2.05) is 0 Å². The number of carbonyl (C=O) groups excluding carboxylic acids is 4. The van der Waals surface area contributed by atoms with E-state index in [9.17, 15) is 23.6 Å². The Morgan fingerprint density at radius 1 is 1.00 bits per heavy atom. The first-order valence-electron chi connectivity index (χ1n) is 17.3. The van der Waals surface area contributed by atoms with E-state index in [1.54, 1.807) is 56.9 Å². The number of halogens is 1. The number of ether oxygens (including phenoxy) is 2. The molecule has 2 N–H and O–H groups in total. The number of hydrogen-bond donors (Lipinski definition) is 2. The zero-order valence-corrected chi connectivity index (χ0v) is 28.1. The first kappa shape index (κ1) is 34.7. The number of nitrogens with zero attached hydrogens (tertiary/aromatic N) is 1. The second kappa shape index (κ2) is 15.1. The van der Waals surface area contributed by atoms with Gasteiger partial charge in [-0.2, -0.15) is 0 Å². The second-order valence-corrected chi connectivity index (χ2v) is 14.4. The highest BCUT2D eigenvalue weighted by Gasteiger charge is 2.47. The van der Waals surface area contributed by atoms with Gasteiger partial charge in [-0.25, -0.2) is 14.0 Å². The number of alkyl carbamates (subject to hydrolysis) is 1. The molecule has 1 aromatic carbocycles. The van der Waals surface area contributed by atoms with Crippen molar-refractivity contribution in [2.75, 3.05) is 25.1 Å². The number of alkyl halides is 1. The highest BCUT2D eigenvalue weighted by molar-refractivity contribution is 6.00. The predicted molar refractivity (Wildman–Crippen MR) is 176 cm³/mol. The minimum absolute atomic E-state index is 0.0109. The van der Waals surface area contributed by atoms with Gasteiger partial charge in [0.2, 0.25) is 17.6 Å². The Labute approximate surface area is 276 Å². The number of amides is 3. The van der Waals surface area contributed by atoms with E-state index in [4.69, 9.17) is 13.9 Å². The van der Waals surface area contributed by atoms with E-state index in [2.05, 4.69) is 10.6 Å². The highest BCUT2D eigenvalue weighted by Crippen LogP contribution is 2.41. The lowest BCUT2D eigenvalue weighted by Crippen LogP contribution is -2.50. The maximum absolute atomic E-state index is 14.1. The Balaban J connectivity index is 1.27. The monoisotopic (exact) mass is 655 g/mol. The molecule has 3 atom stereocenters. The zero-order valence-electron chi connectivity index (χ0n) is 28.1. The van der Waals surface area contributed by atoms with Crippen LogP contribution in [0.25, 0.3) is 11.0 Å². The van der Waals surface area contributed by atoms with Crippen LogP contribution in [0.15, 0.2) is 28.7 Å². The number of esters is 1. The predicted octanol–water partition coefficient (Wildman–Crippen LogP) is 7.01. The summed E-state index contributed by atoms with van der Waals surface area (Å²) in [7, 11) is 0.